The summed E-state index contributed by atoms with van der Waals surface area (Å²) in [5, 5.41) is 16.7. The number of carbonyl (C=O) groups is 1. The van der Waals surface area contributed by atoms with Crippen LogP contribution in [0.25, 0.3) is 0 Å². The van der Waals surface area contributed by atoms with Gasteiger partial charge in [-0.05, 0) is 31.5 Å². The third-order valence-corrected chi connectivity index (χ3v) is 3.84. The highest BCUT2D eigenvalue weighted by Gasteiger charge is 2.23. The van der Waals surface area contributed by atoms with Gasteiger partial charge in [0.1, 0.15) is 0 Å². The van der Waals surface area contributed by atoms with Crippen molar-refractivity contribution in [2.75, 3.05) is 13.1 Å². The number of benzene rings is 1. The first-order chi connectivity index (χ1) is 9.09. The van der Waals surface area contributed by atoms with Crippen LogP contribution in [0.3, 0.4) is 0 Å². The Morgan fingerprint density at radius 1 is 1.47 bits per heavy atom. The van der Waals surface area contributed by atoms with E-state index in [0.717, 1.165) is 19.4 Å². The monoisotopic (exact) mass is 302 g/mol. The molecule has 0 bridgehead atoms. The van der Waals surface area contributed by atoms with Crippen LogP contribution < -0.4 is 10.6 Å². The van der Waals surface area contributed by atoms with Gasteiger partial charge in [-0.3, -0.25) is 4.79 Å². The van der Waals surface area contributed by atoms with Crippen LogP contribution in [0.2, 0.25) is 10.0 Å². The highest BCUT2D eigenvalue weighted by molar-refractivity contribution is 6.36. The summed E-state index contributed by atoms with van der Waals surface area (Å²) < 4.78 is 0. The highest BCUT2D eigenvalue weighted by Crippen LogP contribution is 2.29. The lowest BCUT2D eigenvalue weighted by Crippen LogP contribution is -2.41. The number of hydrogen-bond donors (Lipinski definition) is 3. The quantitative estimate of drug-likeness (QED) is 0.796. The van der Waals surface area contributed by atoms with Crippen LogP contribution in [-0.2, 0) is 4.79 Å². The van der Waals surface area contributed by atoms with Crippen molar-refractivity contribution in [3.05, 3.63) is 33.8 Å². The summed E-state index contributed by atoms with van der Waals surface area (Å²) in [5.74, 6) is -0.0975. The van der Waals surface area contributed by atoms with Crippen molar-refractivity contribution in [1.82, 2.24) is 10.6 Å². The molecule has 3 N–H and O–H groups in total. The molecule has 1 aliphatic heterocycles. The second-order valence-electron chi connectivity index (χ2n) is 4.55. The fourth-order valence-electron chi connectivity index (χ4n) is 2.16. The number of halogens is 2. The molecule has 1 heterocycles. The van der Waals surface area contributed by atoms with Crippen molar-refractivity contribution in [3.63, 3.8) is 0 Å². The van der Waals surface area contributed by atoms with Gasteiger partial charge < -0.3 is 15.7 Å². The first-order valence-corrected chi connectivity index (χ1v) is 6.98. The second kappa shape index (κ2) is 6.57. The van der Waals surface area contributed by atoms with Gasteiger partial charge in [0.2, 0.25) is 5.91 Å². The maximum atomic E-state index is 11.8. The molecule has 0 aromatic heterocycles. The number of aliphatic hydroxyl groups is 1. The highest BCUT2D eigenvalue weighted by atomic mass is 35.5. The number of amides is 1. The molecule has 2 rings (SSSR count). The lowest BCUT2D eigenvalue weighted by atomic mass is 10.1. The van der Waals surface area contributed by atoms with Crippen molar-refractivity contribution >= 4 is 29.1 Å². The molecule has 1 unspecified atom stereocenters. The van der Waals surface area contributed by atoms with Crippen LogP contribution in [-0.4, -0.2) is 30.1 Å². The Morgan fingerprint density at radius 3 is 2.74 bits per heavy atom. The molecule has 0 aliphatic carbocycles. The molecule has 1 amide bonds. The normalized spacial score (nSPS) is 20.3. The maximum absolute atomic E-state index is 11.8. The number of hydrogen-bond acceptors (Lipinski definition) is 3. The number of nitrogens with one attached hydrogen (secondary N) is 2. The van der Waals surface area contributed by atoms with E-state index in [4.69, 9.17) is 23.2 Å². The SMILES string of the molecule is O=C(NCC(O)c1c(Cl)cccc1Cl)[C@@H]1CCCN1. The summed E-state index contributed by atoms with van der Waals surface area (Å²) >= 11 is 12.0. The number of carbonyl (C=O) groups excluding carboxylic acids is 1. The van der Waals surface area contributed by atoms with Crippen LogP contribution >= 0.6 is 23.2 Å². The molecule has 6 heteroatoms. The third kappa shape index (κ3) is 3.60. The molecule has 0 radical (unpaired) electrons. The van der Waals surface area contributed by atoms with Gasteiger partial charge in [0.05, 0.1) is 12.1 Å². The van der Waals surface area contributed by atoms with Gasteiger partial charge in [-0.25, -0.2) is 0 Å². The molecule has 1 fully saturated rings. The third-order valence-electron chi connectivity index (χ3n) is 3.18. The van der Waals surface area contributed by atoms with E-state index in [9.17, 15) is 9.90 Å². The van der Waals surface area contributed by atoms with E-state index >= 15 is 0 Å². The molecule has 1 aromatic rings. The molecule has 2 atom stereocenters. The standard InChI is InChI=1S/C13H16Cl2N2O2/c14-8-3-1-4-9(15)12(8)11(18)7-17-13(19)10-5-2-6-16-10/h1,3-4,10-11,16,18H,2,5-7H2,(H,17,19)/t10-,11?/m0/s1. The molecule has 4 nitrogen and oxygen atoms in total. The molecule has 104 valence electrons. The van der Waals surface area contributed by atoms with E-state index in [1.54, 1.807) is 18.2 Å². The van der Waals surface area contributed by atoms with Gasteiger partial charge in [-0.1, -0.05) is 29.3 Å². The second-order valence-corrected chi connectivity index (χ2v) is 5.36. The van der Waals surface area contributed by atoms with E-state index in [1.165, 1.54) is 0 Å². The van der Waals surface area contributed by atoms with Crippen molar-refractivity contribution in [3.8, 4) is 0 Å². The van der Waals surface area contributed by atoms with Crippen LogP contribution in [0.1, 0.15) is 24.5 Å². The predicted molar refractivity (Wildman–Crippen MR) is 75.5 cm³/mol. The average Bonchev–Trinajstić information content (AvgIpc) is 2.89. The molecule has 0 saturated carbocycles. The van der Waals surface area contributed by atoms with Crippen LogP contribution in [0.15, 0.2) is 18.2 Å². The lowest BCUT2D eigenvalue weighted by molar-refractivity contribution is -0.123. The molecule has 1 aliphatic rings. The molecular formula is C13H16Cl2N2O2. The zero-order chi connectivity index (χ0) is 13.8. The summed E-state index contributed by atoms with van der Waals surface area (Å²) in [7, 11) is 0. The van der Waals surface area contributed by atoms with E-state index in [1.807, 2.05) is 0 Å². The summed E-state index contributed by atoms with van der Waals surface area (Å²) in [4.78, 5) is 11.8. The van der Waals surface area contributed by atoms with Crippen LogP contribution in [0, 0.1) is 0 Å². The van der Waals surface area contributed by atoms with Crippen molar-refractivity contribution in [2.45, 2.75) is 25.0 Å². The van der Waals surface area contributed by atoms with Crippen molar-refractivity contribution in [1.29, 1.82) is 0 Å². The van der Waals surface area contributed by atoms with E-state index in [2.05, 4.69) is 10.6 Å². The Hall–Kier alpha value is -0.810. The fourth-order valence-corrected chi connectivity index (χ4v) is 2.81. The smallest absolute Gasteiger partial charge is 0.237 e. The number of aliphatic hydroxyl groups excluding tert-OH is 1. The topological polar surface area (TPSA) is 61.4 Å². The zero-order valence-electron chi connectivity index (χ0n) is 10.3. The Labute approximate surface area is 122 Å². The summed E-state index contributed by atoms with van der Waals surface area (Å²) in [6.07, 6.45) is 0.915. The van der Waals surface area contributed by atoms with Gasteiger partial charge in [0.25, 0.3) is 0 Å². The largest absolute Gasteiger partial charge is 0.386 e. The van der Waals surface area contributed by atoms with E-state index in [0.29, 0.717) is 15.6 Å². The van der Waals surface area contributed by atoms with Crippen LogP contribution in [0.4, 0.5) is 0 Å². The predicted octanol–water partition coefficient (Wildman–Crippen LogP) is 1.89. The van der Waals surface area contributed by atoms with Gasteiger partial charge in [-0.15, -0.1) is 0 Å². The van der Waals surface area contributed by atoms with Gasteiger partial charge in [0.15, 0.2) is 0 Å². The minimum absolute atomic E-state index is 0.0975. The number of rotatable bonds is 4. The van der Waals surface area contributed by atoms with E-state index in [-0.39, 0.29) is 18.5 Å². The Bertz CT molecular complexity index is 442. The lowest BCUT2D eigenvalue weighted by Gasteiger charge is -2.17. The molecule has 19 heavy (non-hydrogen) atoms. The van der Waals surface area contributed by atoms with Crippen molar-refractivity contribution < 1.29 is 9.90 Å². The van der Waals surface area contributed by atoms with Crippen LogP contribution in [0.5, 0.6) is 0 Å². The van der Waals surface area contributed by atoms with Gasteiger partial charge in [-0.2, -0.15) is 0 Å². The van der Waals surface area contributed by atoms with Gasteiger partial charge >= 0.3 is 0 Å². The molecule has 0 spiro atoms. The van der Waals surface area contributed by atoms with E-state index < -0.39 is 6.10 Å². The Morgan fingerprint density at radius 2 is 2.16 bits per heavy atom. The fraction of sp³-hybridized carbons (Fsp3) is 0.462. The first kappa shape index (κ1) is 14.6. The minimum Gasteiger partial charge on any atom is -0.386 e. The Balaban J connectivity index is 1.93. The maximum Gasteiger partial charge on any atom is 0.237 e. The zero-order valence-corrected chi connectivity index (χ0v) is 11.8. The average molecular weight is 303 g/mol. The molecule has 1 aromatic carbocycles. The first-order valence-electron chi connectivity index (χ1n) is 6.22. The Kier molecular flexibility index (Phi) is 5.05. The summed E-state index contributed by atoms with van der Waals surface area (Å²) in [6.45, 7) is 0.956. The molecule has 1 saturated heterocycles. The molecular weight excluding hydrogens is 287 g/mol. The minimum atomic E-state index is -0.911. The summed E-state index contributed by atoms with van der Waals surface area (Å²) in [5.41, 5.74) is 0.450. The summed E-state index contributed by atoms with van der Waals surface area (Å²) in [6, 6.07) is 4.87. The van der Waals surface area contributed by atoms with Gasteiger partial charge in [0, 0.05) is 22.2 Å². The van der Waals surface area contributed by atoms with Crippen molar-refractivity contribution in [2.24, 2.45) is 0 Å².